The molecule has 3 rings (SSSR count). The number of nitrogens with zero attached hydrogens (tertiary/aromatic N) is 3. The number of benzene rings is 2. The highest BCUT2D eigenvalue weighted by atomic mass is 35.5. The summed E-state index contributed by atoms with van der Waals surface area (Å²) in [6, 6.07) is 14.4. The van der Waals surface area contributed by atoms with Crippen LogP contribution in [0.2, 0.25) is 5.02 Å². The summed E-state index contributed by atoms with van der Waals surface area (Å²) in [5.74, 6) is 0.109. The molecule has 0 saturated heterocycles. The summed E-state index contributed by atoms with van der Waals surface area (Å²) in [6.07, 6.45) is 1.00. The molecule has 0 aliphatic heterocycles. The first-order chi connectivity index (χ1) is 14.5. The number of amides is 1. The second-order valence-electron chi connectivity index (χ2n) is 6.40. The van der Waals surface area contributed by atoms with Crippen LogP contribution in [0.4, 0.5) is 10.2 Å². The van der Waals surface area contributed by atoms with Crippen molar-refractivity contribution in [2.24, 2.45) is 0 Å². The maximum absolute atomic E-state index is 13.1. The standard InChI is InChI=1S/C21H19ClFN5O2/c22-14-3-9-17(10-4-14)30-13-20(29)26-11-1-2-19-18(12-24)21(25)28(27-19)16-7-5-15(23)6-8-16/h3-10H,1-2,11,13,25H2,(H,26,29). The van der Waals surface area contributed by atoms with Crippen molar-refractivity contribution in [3.05, 3.63) is 70.6 Å². The monoisotopic (exact) mass is 427 g/mol. The highest BCUT2D eigenvalue weighted by molar-refractivity contribution is 6.30. The summed E-state index contributed by atoms with van der Waals surface area (Å²) >= 11 is 5.80. The lowest BCUT2D eigenvalue weighted by molar-refractivity contribution is -0.123. The van der Waals surface area contributed by atoms with E-state index in [9.17, 15) is 14.4 Å². The second kappa shape index (κ2) is 9.76. The maximum Gasteiger partial charge on any atom is 0.257 e. The predicted octanol–water partition coefficient (Wildman–Crippen LogP) is 3.25. The number of carbonyl (C=O) groups excluding carboxylic acids is 1. The summed E-state index contributed by atoms with van der Waals surface area (Å²) in [6.45, 7) is 0.272. The van der Waals surface area contributed by atoms with Crippen LogP contribution in [0.3, 0.4) is 0 Å². The normalized spacial score (nSPS) is 10.4. The minimum Gasteiger partial charge on any atom is -0.484 e. The first-order valence-corrected chi connectivity index (χ1v) is 9.54. The molecule has 0 unspecified atom stereocenters. The summed E-state index contributed by atoms with van der Waals surface area (Å²) in [4.78, 5) is 11.9. The van der Waals surface area contributed by atoms with Crippen molar-refractivity contribution in [3.63, 3.8) is 0 Å². The molecule has 30 heavy (non-hydrogen) atoms. The lowest BCUT2D eigenvalue weighted by Crippen LogP contribution is -2.29. The average molecular weight is 428 g/mol. The number of nitrogen functional groups attached to an aromatic ring is 1. The molecule has 1 aromatic heterocycles. The summed E-state index contributed by atoms with van der Waals surface area (Å²) < 4.78 is 19.9. The molecule has 2 aromatic carbocycles. The van der Waals surface area contributed by atoms with Gasteiger partial charge in [0.2, 0.25) is 0 Å². The zero-order valence-corrected chi connectivity index (χ0v) is 16.7. The molecule has 3 N–H and O–H groups in total. The lowest BCUT2D eigenvalue weighted by atomic mass is 10.1. The SMILES string of the molecule is N#Cc1c(CCCNC(=O)COc2ccc(Cl)cc2)nn(-c2ccc(F)cc2)c1N. The Morgan fingerprint density at radius 1 is 1.23 bits per heavy atom. The van der Waals surface area contributed by atoms with Gasteiger partial charge in [-0.25, -0.2) is 9.07 Å². The van der Waals surface area contributed by atoms with Gasteiger partial charge in [0.05, 0.1) is 11.4 Å². The van der Waals surface area contributed by atoms with Gasteiger partial charge < -0.3 is 15.8 Å². The largest absolute Gasteiger partial charge is 0.484 e. The molecule has 0 aliphatic carbocycles. The van der Waals surface area contributed by atoms with Crippen LogP contribution < -0.4 is 15.8 Å². The average Bonchev–Trinajstić information content (AvgIpc) is 3.06. The number of nitriles is 1. The fourth-order valence-corrected chi connectivity index (χ4v) is 2.89. The number of hydrogen-bond acceptors (Lipinski definition) is 5. The van der Waals surface area contributed by atoms with Gasteiger partial charge in [0, 0.05) is 11.6 Å². The van der Waals surface area contributed by atoms with Gasteiger partial charge in [-0.2, -0.15) is 10.4 Å². The number of anilines is 1. The maximum atomic E-state index is 13.1. The fraction of sp³-hybridized carbons (Fsp3) is 0.190. The van der Waals surface area contributed by atoms with Gasteiger partial charge in [-0.3, -0.25) is 4.79 Å². The van der Waals surface area contributed by atoms with Crippen molar-refractivity contribution >= 4 is 23.3 Å². The molecule has 0 spiro atoms. The molecule has 3 aromatic rings. The Balaban J connectivity index is 1.51. The van der Waals surface area contributed by atoms with Gasteiger partial charge in [0.15, 0.2) is 6.61 Å². The van der Waals surface area contributed by atoms with E-state index >= 15 is 0 Å². The van der Waals surface area contributed by atoms with Crippen LogP contribution in [0.15, 0.2) is 48.5 Å². The molecule has 1 heterocycles. The van der Waals surface area contributed by atoms with Crippen LogP contribution >= 0.6 is 11.6 Å². The third-order valence-corrected chi connectivity index (χ3v) is 4.52. The Labute approximate surface area is 177 Å². The Kier molecular flexibility index (Phi) is 6.88. The van der Waals surface area contributed by atoms with E-state index < -0.39 is 0 Å². The van der Waals surface area contributed by atoms with E-state index in [1.807, 2.05) is 0 Å². The number of rotatable bonds is 8. The molecular formula is C21H19ClFN5O2. The molecule has 154 valence electrons. The van der Waals surface area contributed by atoms with Crippen molar-refractivity contribution in [1.82, 2.24) is 15.1 Å². The summed E-state index contributed by atoms with van der Waals surface area (Å²) in [5, 5.41) is 17.1. The molecule has 1 amide bonds. The van der Waals surface area contributed by atoms with E-state index in [4.69, 9.17) is 22.1 Å². The Morgan fingerprint density at radius 3 is 2.60 bits per heavy atom. The number of hydrogen-bond donors (Lipinski definition) is 2. The zero-order chi connectivity index (χ0) is 21.5. The van der Waals surface area contributed by atoms with E-state index in [2.05, 4.69) is 16.5 Å². The number of aromatic nitrogens is 2. The highest BCUT2D eigenvalue weighted by Gasteiger charge is 2.16. The Bertz CT molecular complexity index is 1060. The van der Waals surface area contributed by atoms with Gasteiger partial charge in [-0.1, -0.05) is 11.6 Å². The van der Waals surface area contributed by atoms with E-state index in [0.717, 1.165) is 0 Å². The van der Waals surface area contributed by atoms with E-state index in [1.165, 1.54) is 28.9 Å². The van der Waals surface area contributed by atoms with Gasteiger partial charge >= 0.3 is 0 Å². The van der Waals surface area contributed by atoms with Crippen molar-refractivity contribution in [1.29, 1.82) is 5.26 Å². The number of nitrogens with two attached hydrogens (primary N) is 1. The topological polar surface area (TPSA) is 106 Å². The fourth-order valence-electron chi connectivity index (χ4n) is 2.77. The summed E-state index contributed by atoms with van der Waals surface area (Å²) in [7, 11) is 0. The van der Waals surface area contributed by atoms with Crippen LogP contribution in [0.25, 0.3) is 5.69 Å². The van der Waals surface area contributed by atoms with Crippen molar-refractivity contribution in [2.45, 2.75) is 12.8 Å². The molecule has 0 radical (unpaired) electrons. The minimum absolute atomic E-state index is 0.114. The number of ether oxygens (including phenoxy) is 1. The highest BCUT2D eigenvalue weighted by Crippen LogP contribution is 2.21. The van der Waals surface area contributed by atoms with Gasteiger partial charge in [0.25, 0.3) is 5.91 Å². The second-order valence-corrected chi connectivity index (χ2v) is 6.84. The quantitative estimate of drug-likeness (QED) is 0.537. The summed E-state index contributed by atoms with van der Waals surface area (Å²) in [5.41, 5.74) is 7.38. The van der Waals surface area contributed by atoms with Crippen molar-refractivity contribution in [2.75, 3.05) is 18.9 Å². The zero-order valence-electron chi connectivity index (χ0n) is 15.9. The Morgan fingerprint density at radius 2 is 1.93 bits per heavy atom. The molecule has 0 bridgehead atoms. The van der Waals surface area contributed by atoms with Crippen molar-refractivity contribution in [3.8, 4) is 17.5 Å². The van der Waals surface area contributed by atoms with Gasteiger partial charge in [-0.15, -0.1) is 0 Å². The molecule has 0 atom stereocenters. The number of aryl methyl sites for hydroxylation is 1. The first-order valence-electron chi connectivity index (χ1n) is 9.16. The molecule has 7 nitrogen and oxygen atoms in total. The molecular weight excluding hydrogens is 409 g/mol. The smallest absolute Gasteiger partial charge is 0.257 e. The van der Waals surface area contributed by atoms with Gasteiger partial charge in [-0.05, 0) is 61.4 Å². The predicted molar refractivity (Wildman–Crippen MR) is 111 cm³/mol. The van der Waals surface area contributed by atoms with Crippen LogP contribution in [0.1, 0.15) is 17.7 Å². The third-order valence-electron chi connectivity index (χ3n) is 4.27. The number of nitrogens with one attached hydrogen (secondary N) is 1. The van der Waals surface area contributed by atoms with Crippen LogP contribution in [0, 0.1) is 17.1 Å². The van der Waals surface area contributed by atoms with E-state index in [1.54, 1.807) is 24.3 Å². The Hall–Kier alpha value is -3.57. The van der Waals surface area contributed by atoms with Crippen LogP contribution in [0.5, 0.6) is 5.75 Å². The molecule has 0 saturated carbocycles. The van der Waals surface area contributed by atoms with E-state index in [-0.39, 0.29) is 29.7 Å². The van der Waals surface area contributed by atoms with E-state index in [0.29, 0.717) is 41.5 Å². The number of carbonyl (C=O) groups is 1. The van der Waals surface area contributed by atoms with Crippen molar-refractivity contribution < 1.29 is 13.9 Å². The number of halogens is 2. The van der Waals surface area contributed by atoms with Crippen LogP contribution in [-0.2, 0) is 11.2 Å². The van der Waals surface area contributed by atoms with Crippen LogP contribution in [-0.4, -0.2) is 28.8 Å². The third kappa shape index (κ3) is 5.27. The van der Waals surface area contributed by atoms with Gasteiger partial charge in [0.1, 0.15) is 29.0 Å². The first kappa shape index (κ1) is 21.1. The minimum atomic E-state index is -0.374. The lowest BCUT2D eigenvalue weighted by Gasteiger charge is -2.07. The molecule has 0 aliphatic rings. The molecule has 0 fully saturated rings. The molecule has 9 heteroatoms.